The highest BCUT2D eigenvalue weighted by Gasteiger charge is 2.57. The molecule has 0 spiro atoms. The summed E-state index contributed by atoms with van der Waals surface area (Å²) in [7, 11) is 0. The Kier molecular flexibility index (Phi) is 4.71. The summed E-state index contributed by atoms with van der Waals surface area (Å²) in [6.07, 6.45) is 1.04. The standard InChI is InChI=1S/C24H27NO5/c1-24-13-17(15-6-3-2-4-7-15)25(21(24)9-5-8-18(26)22(24)27)23(28)16-10-11-19-20(12-16)30-14-29-19/h2-4,6-7,10-12,17-18,21-22,26-27H,5,8-9,13-14H2,1H3/t17-,18-,21-,22+,24-/m1/s1. The molecule has 2 fully saturated rings. The first kappa shape index (κ1) is 19.4. The van der Waals surface area contributed by atoms with Gasteiger partial charge in [-0.15, -0.1) is 0 Å². The molecule has 1 amide bonds. The minimum atomic E-state index is -0.870. The Balaban J connectivity index is 1.58. The van der Waals surface area contributed by atoms with Crippen molar-refractivity contribution >= 4 is 5.91 Å². The predicted octanol–water partition coefficient (Wildman–Crippen LogP) is 3.28. The Labute approximate surface area is 176 Å². The van der Waals surface area contributed by atoms with Crippen molar-refractivity contribution in [2.45, 2.75) is 56.9 Å². The van der Waals surface area contributed by atoms with Crippen LogP contribution >= 0.6 is 0 Å². The van der Waals surface area contributed by atoms with E-state index in [1.807, 2.05) is 42.2 Å². The van der Waals surface area contributed by atoms with Crippen LogP contribution in [0.15, 0.2) is 48.5 Å². The van der Waals surface area contributed by atoms with Crippen LogP contribution in [0.3, 0.4) is 0 Å². The molecule has 1 saturated carbocycles. The number of aliphatic hydroxyl groups is 2. The Morgan fingerprint density at radius 2 is 1.83 bits per heavy atom. The number of carbonyl (C=O) groups excluding carboxylic acids is 1. The van der Waals surface area contributed by atoms with Crippen LogP contribution < -0.4 is 9.47 Å². The molecule has 2 heterocycles. The third-order valence-electron chi connectivity index (χ3n) is 7.12. The summed E-state index contributed by atoms with van der Waals surface area (Å²) >= 11 is 0. The van der Waals surface area contributed by atoms with Gasteiger partial charge >= 0.3 is 0 Å². The highest BCUT2D eigenvalue weighted by atomic mass is 16.7. The molecule has 2 aliphatic heterocycles. The summed E-state index contributed by atoms with van der Waals surface area (Å²) in [4.78, 5) is 15.8. The Bertz CT molecular complexity index is 948. The quantitative estimate of drug-likeness (QED) is 0.796. The van der Waals surface area contributed by atoms with E-state index < -0.39 is 17.6 Å². The van der Waals surface area contributed by atoms with Gasteiger partial charge in [0.05, 0.1) is 18.2 Å². The van der Waals surface area contributed by atoms with E-state index in [0.717, 1.165) is 18.4 Å². The summed E-state index contributed by atoms with van der Waals surface area (Å²) in [5.74, 6) is 1.14. The largest absolute Gasteiger partial charge is 0.454 e. The maximum absolute atomic E-state index is 13.8. The molecule has 0 bridgehead atoms. The number of likely N-dealkylation sites (tertiary alicyclic amines) is 1. The van der Waals surface area contributed by atoms with Crippen LogP contribution in [-0.2, 0) is 0 Å². The maximum atomic E-state index is 13.8. The van der Waals surface area contributed by atoms with Crippen LogP contribution in [0.5, 0.6) is 11.5 Å². The van der Waals surface area contributed by atoms with Gasteiger partial charge in [-0.2, -0.15) is 0 Å². The summed E-state index contributed by atoms with van der Waals surface area (Å²) in [5.41, 5.74) is 1.01. The number of hydrogen-bond acceptors (Lipinski definition) is 5. The molecular weight excluding hydrogens is 382 g/mol. The van der Waals surface area contributed by atoms with Crippen molar-refractivity contribution in [1.29, 1.82) is 0 Å². The lowest BCUT2D eigenvalue weighted by atomic mass is 9.74. The lowest BCUT2D eigenvalue weighted by Gasteiger charge is -2.38. The van der Waals surface area contributed by atoms with Crippen molar-refractivity contribution in [3.63, 3.8) is 0 Å². The molecule has 1 aliphatic carbocycles. The lowest BCUT2D eigenvalue weighted by Crippen LogP contribution is -2.49. The van der Waals surface area contributed by atoms with E-state index in [1.165, 1.54) is 0 Å². The zero-order valence-corrected chi connectivity index (χ0v) is 17.0. The number of hydrogen-bond donors (Lipinski definition) is 2. The number of fused-ring (bicyclic) bond motifs is 2. The van der Waals surface area contributed by atoms with Crippen LogP contribution in [0.25, 0.3) is 0 Å². The normalized spacial score (nSPS) is 32.6. The summed E-state index contributed by atoms with van der Waals surface area (Å²) in [6.45, 7) is 2.17. The van der Waals surface area contributed by atoms with Gasteiger partial charge in [-0.05, 0) is 49.4 Å². The van der Waals surface area contributed by atoms with Gasteiger partial charge in [0.1, 0.15) is 0 Å². The van der Waals surface area contributed by atoms with Crippen molar-refractivity contribution in [2.24, 2.45) is 5.41 Å². The molecule has 2 aromatic rings. The van der Waals surface area contributed by atoms with Gasteiger partial charge < -0.3 is 24.6 Å². The van der Waals surface area contributed by atoms with Crippen LogP contribution in [0.4, 0.5) is 0 Å². The average Bonchev–Trinajstić information content (AvgIpc) is 3.33. The SMILES string of the molecule is C[C@@]12C[C@H](c3ccccc3)N(C(=O)c3ccc4c(c3)OCO4)[C@@H]1CCC[C@@H](O)[C@@H]2O. The monoisotopic (exact) mass is 409 g/mol. The lowest BCUT2D eigenvalue weighted by molar-refractivity contribution is -0.0612. The molecule has 0 unspecified atom stereocenters. The number of aliphatic hydroxyl groups excluding tert-OH is 2. The number of ether oxygens (including phenoxy) is 2. The fraction of sp³-hybridized carbons (Fsp3) is 0.458. The molecule has 6 heteroatoms. The van der Waals surface area contributed by atoms with E-state index >= 15 is 0 Å². The van der Waals surface area contributed by atoms with E-state index in [-0.39, 0.29) is 24.8 Å². The maximum Gasteiger partial charge on any atom is 0.254 e. The Morgan fingerprint density at radius 3 is 2.63 bits per heavy atom. The zero-order valence-electron chi connectivity index (χ0n) is 17.0. The molecule has 5 rings (SSSR count). The highest BCUT2D eigenvalue weighted by molar-refractivity contribution is 5.95. The number of rotatable bonds is 2. The second-order valence-electron chi connectivity index (χ2n) is 8.88. The molecule has 158 valence electrons. The first-order valence-corrected chi connectivity index (χ1v) is 10.6. The zero-order chi connectivity index (χ0) is 20.9. The average molecular weight is 409 g/mol. The van der Waals surface area contributed by atoms with Crippen molar-refractivity contribution in [2.75, 3.05) is 6.79 Å². The molecule has 0 aromatic heterocycles. The molecule has 0 radical (unpaired) electrons. The molecule has 6 nitrogen and oxygen atoms in total. The molecule has 30 heavy (non-hydrogen) atoms. The number of nitrogens with zero attached hydrogens (tertiary/aromatic N) is 1. The minimum Gasteiger partial charge on any atom is -0.454 e. The second-order valence-corrected chi connectivity index (χ2v) is 8.88. The van der Waals surface area contributed by atoms with Gasteiger partial charge in [-0.1, -0.05) is 37.3 Å². The Hall–Kier alpha value is -2.57. The number of carbonyl (C=O) groups is 1. The van der Waals surface area contributed by atoms with Crippen molar-refractivity contribution < 1.29 is 24.5 Å². The van der Waals surface area contributed by atoms with E-state index in [9.17, 15) is 15.0 Å². The van der Waals surface area contributed by atoms with Gasteiger partial charge in [0.25, 0.3) is 5.91 Å². The minimum absolute atomic E-state index is 0.0838. The molecule has 1 saturated heterocycles. The van der Waals surface area contributed by atoms with Gasteiger partial charge in [-0.25, -0.2) is 0 Å². The van der Waals surface area contributed by atoms with E-state index in [2.05, 4.69) is 0 Å². The summed E-state index contributed by atoms with van der Waals surface area (Å²) in [5, 5.41) is 21.5. The second kappa shape index (κ2) is 7.29. The van der Waals surface area contributed by atoms with Crippen LogP contribution in [0.1, 0.15) is 54.6 Å². The smallest absolute Gasteiger partial charge is 0.254 e. The first-order chi connectivity index (χ1) is 14.5. The van der Waals surface area contributed by atoms with Gasteiger partial charge in [0.2, 0.25) is 6.79 Å². The van der Waals surface area contributed by atoms with Gasteiger partial charge in [0.15, 0.2) is 11.5 Å². The molecule has 2 aromatic carbocycles. The molecule has 5 atom stereocenters. The number of benzene rings is 2. The van der Waals surface area contributed by atoms with Gasteiger partial charge in [-0.3, -0.25) is 4.79 Å². The fourth-order valence-electron chi connectivity index (χ4n) is 5.51. The van der Waals surface area contributed by atoms with Crippen molar-refractivity contribution in [1.82, 2.24) is 4.90 Å². The van der Waals surface area contributed by atoms with Crippen LogP contribution in [0, 0.1) is 5.41 Å². The Morgan fingerprint density at radius 1 is 1.07 bits per heavy atom. The van der Waals surface area contributed by atoms with E-state index in [1.54, 1.807) is 18.2 Å². The summed E-state index contributed by atoms with van der Waals surface area (Å²) in [6, 6.07) is 14.9. The molecular formula is C24H27NO5. The van der Waals surface area contributed by atoms with Crippen LogP contribution in [-0.4, -0.2) is 46.1 Å². The van der Waals surface area contributed by atoms with E-state index in [0.29, 0.717) is 29.9 Å². The predicted molar refractivity (Wildman–Crippen MR) is 110 cm³/mol. The summed E-state index contributed by atoms with van der Waals surface area (Å²) < 4.78 is 10.9. The van der Waals surface area contributed by atoms with Crippen molar-refractivity contribution in [3.05, 3.63) is 59.7 Å². The van der Waals surface area contributed by atoms with Crippen LogP contribution in [0.2, 0.25) is 0 Å². The first-order valence-electron chi connectivity index (χ1n) is 10.6. The van der Waals surface area contributed by atoms with Gasteiger partial charge in [0, 0.05) is 17.0 Å². The molecule has 2 N–H and O–H groups in total. The van der Waals surface area contributed by atoms with Crippen molar-refractivity contribution in [3.8, 4) is 11.5 Å². The topological polar surface area (TPSA) is 79.2 Å². The van der Waals surface area contributed by atoms with E-state index in [4.69, 9.17) is 9.47 Å². The fourth-order valence-corrected chi connectivity index (χ4v) is 5.51. The number of amides is 1. The third-order valence-corrected chi connectivity index (χ3v) is 7.12. The molecule has 3 aliphatic rings. The highest BCUT2D eigenvalue weighted by Crippen LogP contribution is 2.54. The third kappa shape index (κ3) is 2.97.